The summed E-state index contributed by atoms with van der Waals surface area (Å²) in [6.07, 6.45) is 1.02. The predicted molar refractivity (Wildman–Crippen MR) is 79.5 cm³/mol. The van der Waals surface area contributed by atoms with Crippen LogP contribution in [0.25, 0.3) is 0 Å². The molecule has 1 atom stereocenters. The third-order valence-corrected chi connectivity index (χ3v) is 3.72. The molecule has 0 radical (unpaired) electrons. The fraction of sp³-hybridized carbons (Fsp3) is 0.250. The molecule has 1 nitrogen and oxygen atoms in total. The van der Waals surface area contributed by atoms with Crippen LogP contribution in [0.5, 0.6) is 5.75 Å². The Labute approximate surface area is 117 Å². The molecule has 0 aromatic heterocycles. The average Bonchev–Trinajstić information content (AvgIpc) is 2.46. The maximum absolute atomic E-state index is 5.74. The molecule has 0 spiro atoms. The second-order valence-electron chi connectivity index (χ2n) is 4.21. The van der Waals surface area contributed by atoms with Crippen molar-refractivity contribution in [2.45, 2.75) is 12.3 Å². The lowest BCUT2D eigenvalue weighted by molar-refractivity contribution is 0.302. The largest absolute Gasteiger partial charge is 0.494 e. The van der Waals surface area contributed by atoms with Gasteiger partial charge in [-0.1, -0.05) is 64.5 Å². The van der Waals surface area contributed by atoms with E-state index < -0.39 is 0 Å². The summed E-state index contributed by atoms with van der Waals surface area (Å²) in [7, 11) is 0. The Morgan fingerprint density at radius 2 is 1.50 bits per heavy atom. The fourth-order valence-electron chi connectivity index (χ4n) is 1.89. The van der Waals surface area contributed by atoms with Crippen LogP contribution in [-0.4, -0.2) is 11.9 Å². The van der Waals surface area contributed by atoms with E-state index in [-0.39, 0.29) is 0 Å². The maximum atomic E-state index is 5.74. The molecule has 0 heterocycles. The Kier molecular flexibility index (Phi) is 5.28. The molecule has 0 N–H and O–H groups in total. The highest BCUT2D eigenvalue weighted by atomic mass is 79.9. The highest BCUT2D eigenvalue weighted by Gasteiger charge is 2.09. The van der Waals surface area contributed by atoms with Gasteiger partial charge in [-0.15, -0.1) is 0 Å². The Hall–Kier alpha value is -1.28. The fourth-order valence-corrected chi connectivity index (χ4v) is 2.59. The maximum Gasteiger partial charge on any atom is 0.119 e. The second kappa shape index (κ2) is 7.22. The van der Waals surface area contributed by atoms with Crippen LogP contribution in [0.2, 0.25) is 0 Å². The lowest BCUT2D eigenvalue weighted by Crippen LogP contribution is -2.07. The summed E-state index contributed by atoms with van der Waals surface area (Å²) in [6.45, 7) is 0.745. The van der Waals surface area contributed by atoms with Crippen LogP contribution in [0.1, 0.15) is 17.9 Å². The zero-order valence-electron chi connectivity index (χ0n) is 10.3. The van der Waals surface area contributed by atoms with Gasteiger partial charge in [0.1, 0.15) is 5.75 Å². The molecule has 2 heteroatoms. The summed E-state index contributed by atoms with van der Waals surface area (Å²) in [5.74, 6) is 1.45. The number of benzene rings is 2. The van der Waals surface area contributed by atoms with Crippen LogP contribution >= 0.6 is 15.9 Å². The number of halogens is 1. The van der Waals surface area contributed by atoms with E-state index in [2.05, 4.69) is 46.3 Å². The van der Waals surface area contributed by atoms with Crippen LogP contribution < -0.4 is 4.74 Å². The van der Waals surface area contributed by atoms with Gasteiger partial charge in [0.2, 0.25) is 0 Å². The molecule has 0 aliphatic heterocycles. The number of ether oxygens (including phenoxy) is 1. The topological polar surface area (TPSA) is 9.23 Å². The van der Waals surface area contributed by atoms with Crippen molar-refractivity contribution in [1.82, 2.24) is 0 Å². The third-order valence-electron chi connectivity index (χ3n) is 2.94. The first-order chi connectivity index (χ1) is 8.90. The standard InChI is InChI=1S/C16H17BrO/c17-13-15(14-7-3-1-4-8-14)11-12-18-16-9-5-2-6-10-16/h1-10,15H,11-13H2. The van der Waals surface area contributed by atoms with Crippen LogP contribution in [0.3, 0.4) is 0 Å². The Morgan fingerprint density at radius 1 is 0.889 bits per heavy atom. The molecule has 0 fully saturated rings. The van der Waals surface area contributed by atoms with Crippen molar-refractivity contribution in [2.24, 2.45) is 0 Å². The van der Waals surface area contributed by atoms with E-state index in [4.69, 9.17) is 4.74 Å². The van der Waals surface area contributed by atoms with Crippen molar-refractivity contribution < 1.29 is 4.74 Å². The van der Waals surface area contributed by atoms with E-state index in [0.29, 0.717) is 5.92 Å². The lowest BCUT2D eigenvalue weighted by atomic mass is 9.98. The molecule has 0 saturated heterocycles. The monoisotopic (exact) mass is 304 g/mol. The van der Waals surface area contributed by atoms with Crippen molar-refractivity contribution >= 4 is 15.9 Å². The van der Waals surface area contributed by atoms with Crippen LogP contribution in [-0.2, 0) is 0 Å². The first-order valence-corrected chi connectivity index (χ1v) is 7.31. The normalized spacial score (nSPS) is 12.1. The minimum absolute atomic E-state index is 0.509. The van der Waals surface area contributed by atoms with Gasteiger partial charge in [0.25, 0.3) is 0 Å². The molecule has 0 saturated carbocycles. The molecule has 94 valence electrons. The molecule has 0 aliphatic carbocycles. The summed E-state index contributed by atoms with van der Waals surface area (Å²) >= 11 is 3.58. The zero-order valence-corrected chi connectivity index (χ0v) is 11.8. The Bertz CT molecular complexity index is 441. The number of hydrogen-bond acceptors (Lipinski definition) is 1. The minimum atomic E-state index is 0.509. The van der Waals surface area contributed by atoms with Gasteiger partial charge in [-0.25, -0.2) is 0 Å². The van der Waals surface area contributed by atoms with E-state index in [1.165, 1.54) is 5.56 Å². The van der Waals surface area contributed by atoms with Crippen LogP contribution in [0, 0.1) is 0 Å². The molecule has 2 aromatic carbocycles. The molecule has 18 heavy (non-hydrogen) atoms. The first-order valence-electron chi connectivity index (χ1n) is 6.19. The average molecular weight is 305 g/mol. The highest BCUT2D eigenvalue weighted by molar-refractivity contribution is 9.09. The van der Waals surface area contributed by atoms with Crippen LogP contribution in [0.4, 0.5) is 0 Å². The summed E-state index contributed by atoms with van der Waals surface area (Å²) in [4.78, 5) is 0. The van der Waals surface area contributed by atoms with Crippen molar-refractivity contribution in [1.29, 1.82) is 0 Å². The van der Waals surface area contributed by atoms with E-state index in [1.54, 1.807) is 0 Å². The van der Waals surface area contributed by atoms with Crippen molar-refractivity contribution in [3.05, 3.63) is 66.2 Å². The summed E-state index contributed by atoms with van der Waals surface area (Å²) in [5, 5.41) is 0.967. The number of rotatable bonds is 6. The quantitative estimate of drug-likeness (QED) is 0.707. The second-order valence-corrected chi connectivity index (χ2v) is 4.86. The van der Waals surface area contributed by atoms with Gasteiger partial charge in [-0.2, -0.15) is 0 Å². The molecule has 1 unspecified atom stereocenters. The highest BCUT2D eigenvalue weighted by Crippen LogP contribution is 2.22. The van der Waals surface area contributed by atoms with Gasteiger partial charge >= 0.3 is 0 Å². The summed E-state index contributed by atoms with van der Waals surface area (Å²) in [6, 6.07) is 20.5. The molecule has 0 bridgehead atoms. The van der Waals surface area contributed by atoms with Gasteiger partial charge in [0.05, 0.1) is 6.61 Å². The SMILES string of the molecule is BrCC(CCOc1ccccc1)c1ccccc1. The van der Waals surface area contributed by atoms with Gasteiger partial charge in [0.15, 0.2) is 0 Å². The Morgan fingerprint density at radius 3 is 2.11 bits per heavy atom. The van der Waals surface area contributed by atoms with Crippen molar-refractivity contribution in [3.63, 3.8) is 0 Å². The van der Waals surface area contributed by atoms with Crippen molar-refractivity contribution in [3.8, 4) is 5.75 Å². The molecule has 0 aliphatic rings. The van der Waals surface area contributed by atoms with E-state index >= 15 is 0 Å². The van der Waals surface area contributed by atoms with Crippen LogP contribution in [0.15, 0.2) is 60.7 Å². The summed E-state index contributed by atoms with van der Waals surface area (Å²) < 4.78 is 5.74. The van der Waals surface area contributed by atoms with Gasteiger partial charge in [-0.05, 0) is 30.0 Å². The predicted octanol–water partition coefficient (Wildman–Crippen LogP) is 4.63. The third kappa shape index (κ3) is 3.88. The number of alkyl halides is 1. The molecule has 2 rings (SSSR count). The number of hydrogen-bond donors (Lipinski definition) is 0. The first kappa shape index (κ1) is 13.2. The van der Waals surface area contributed by atoms with Crippen molar-refractivity contribution in [2.75, 3.05) is 11.9 Å². The van der Waals surface area contributed by atoms with Gasteiger partial charge in [-0.3, -0.25) is 0 Å². The van der Waals surface area contributed by atoms with E-state index in [0.717, 1.165) is 24.1 Å². The Balaban J connectivity index is 1.85. The molecule has 2 aromatic rings. The smallest absolute Gasteiger partial charge is 0.119 e. The molecular formula is C16H17BrO. The van der Waals surface area contributed by atoms with E-state index in [9.17, 15) is 0 Å². The minimum Gasteiger partial charge on any atom is -0.494 e. The van der Waals surface area contributed by atoms with Gasteiger partial charge in [0, 0.05) is 5.33 Å². The number of para-hydroxylation sites is 1. The zero-order chi connectivity index (χ0) is 12.6. The van der Waals surface area contributed by atoms with Gasteiger partial charge < -0.3 is 4.74 Å². The lowest BCUT2D eigenvalue weighted by Gasteiger charge is -2.15. The molecular weight excluding hydrogens is 288 g/mol. The molecule has 0 amide bonds. The summed E-state index contributed by atoms with van der Waals surface area (Å²) in [5.41, 5.74) is 1.37. The van der Waals surface area contributed by atoms with E-state index in [1.807, 2.05) is 30.3 Å².